The second kappa shape index (κ2) is 7.77. The number of benzene rings is 1. The highest BCUT2D eigenvalue weighted by Gasteiger charge is 2.21. The molecule has 3 N–H and O–H groups in total. The predicted octanol–water partition coefficient (Wildman–Crippen LogP) is 2.02. The summed E-state index contributed by atoms with van der Waals surface area (Å²) >= 11 is 0.975. The van der Waals surface area contributed by atoms with Crippen molar-refractivity contribution in [1.29, 1.82) is 0 Å². The van der Waals surface area contributed by atoms with Crippen LogP contribution >= 0.6 is 11.8 Å². The molecule has 128 valence electrons. The van der Waals surface area contributed by atoms with Crippen molar-refractivity contribution in [1.82, 2.24) is 15.5 Å². The highest BCUT2D eigenvalue weighted by Crippen LogP contribution is 2.26. The molecule has 0 spiro atoms. The van der Waals surface area contributed by atoms with Crippen LogP contribution in [0.1, 0.15) is 25.8 Å². The third-order valence-electron chi connectivity index (χ3n) is 2.79. The van der Waals surface area contributed by atoms with E-state index in [2.05, 4.69) is 10.2 Å². The number of imide groups is 1. The summed E-state index contributed by atoms with van der Waals surface area (Å²) in [5.41, 5.74) is 4.88. The van der Waals surface area contributed by atoms with Gasteiger partial charge in [-0.25, -0.2) is 9.18 Å². The van der Waals surface area contributed by atoms with Crippen LogP contribution in [0.5, 0.6) is 5.75 Å². The molecule has 0 radical (unpaired) electrons. The SMILES string of the molecule is C[C@H](Sc1nnc([C@@H](C)Oc2ccc(F)cc2)o1)C(=O)NC(N)=O. The summed E-state index contributed by atoms with van der Waals surface area (Å²) in [4.78, 5) is 22.2. The number of amides is 3. The second-order valence-electron chi connectivity index (χ2n) is 4.73. The lowest BCUT2D eigenvalue weighted by Crippen LogP contribution is -2.39. The van der Waals surface area contributed by atoms with E-state index in [4.69, 9.17) is 14.9 Å². The lowest BCUT2D eigenvalue weighted by Gasteiger charge is -2.10. The molecule has 0 aliphatic carbocycles. The molecule has 0 unspecified atom stereocenters. The number of thioether (sulfide) groups is 1. The van der Waals surface area contributed by atoms with Crippen molar-refractivity contribution in [3.8, 4) is 5.75 Å². The van der Waals surface area contributed by atoms with Crippen LogP contribution in [0.15, 0.2) is 33.9 Å². The standard InChI is InChI=1S/C14H15FN4O4S/c1-7(22-10-5-3-9(15)4-6-10)12-18-19-14(23-12)24-8(2)11(20)17-13(16)21/h3-8H,1-2H3,(H3,16,17,20,21)/t7-,8+/m1/s1. The Labute approximate surface area is 140 Å². The third-order valence-corrected chi connectivity index (χ3v) is 3.72. The van der Waals surface area contributed by atoms with E-state index in [-0.39, 0.29) is 16.9 Å². The summed E-state index contributed by atoms with van der Waals surface area (Å²) in [5.74, 6) is -0.285. The fourth-order valence-electron chi connectivity index (χ4n) is 1.63. The first-order valence-corrected chi connectivity index (χ1v) is 7.75. The van der Waals surface area contributed by atoms with Gasteiger partial charge in [-0.15, -0.1) is 10.2 Å². The van der Waals surface area contributed by atoms with Crippen LogP contribution in [0.4, 0.5) is 9.18 Å². The summed E-state index contributed by atoms with van der Waals surface area (Å²) in [6.07, 6.45) is -0.563. The Morgan fingerprint density at radius 2 is 1.96 bits per heavy atom. The Bertz CT molecular complexity index is 722. The number of halogens is 1. The molecule has 1 aromatic carbocycles. The molecule has 0 saturated carbocycles. The average molecular weight is 354 g/mol. The highest BCUT2D eigenvalue weighted by molar-refractivity contribution is 8.00. The lowest BCUT2D eigenvalue weighted by atomic mass is 10.3. The van der Waals surface area contributed by atoms with Crippen molar-refractivity contribution >= 4 is 23.7 Å². The molecule has 1 aromatic heterocycles. The molecule has 24 heavy (non-hydrogen) atoms. The zero-order chi connectivity index (χ0) is 17.7. The van der Waals surface area contributed by atoms with Gasteiger partial charge in [0.15, 0.2) is 6.10 Å². The van der Waals surface area contributed by atoms with E-state index >= 15 is 0 Å². The zero-order valence-corrected chi connectivity index (χ0v) is 13.7. The van der Waals surface area contributed by atoms with Crippen molar-refractivity contribution < 1.29 is 23.1 Å². The maximum atomic E-state index is 12.9. The summed E-state index contributed by atoms with van der Waals surface area (Å²) in [7, 11) is 0. The number of urea groups is 1. The van der Waals surface area contributed by atoms with Gasteiger partial charge in [-0.1, -0.05) is 11.8 Å². The normalized spacial score (nSPS) is 13.1. The monoisotopic (exact) mass is 354 g/mol. The van der Waals surface area contributed by atoms with Gasteiger partial charge in [0.05, 0.1) is 5.25 Å². The number of nitrogens with two attached hydrogens (primary N) is 1. The van der Waals surface area contributed by atoms with E-state index in [0.717, 1.165) is 11.8 Å². The predicted molar refractivity (Wildman–Crippen MR) is 82.8 cm³/mol. The number of hydrogen-bond acceptors (Lipinski definition) is 7. The molecule has 10 heteroatoms. The van der Waals surface area contributed by atoms with Crippen LogP contribution in [-0.2, 0) is 4.79 Å². The quantitative estimate of drug-likeness (QED) is 0.761. The number of aromatic nitrogens is 2. The van der Waals surface area contributed by atoms with Gasteiger partial charge in [0.1, 0.15) is 11.6 Å². The van der Waals surface area contributed by atoms with E-state index in [1.165, 1.54) is 24.3 Å². The topological polar surface area (TPSA) is 120 Å². The number of nitrogens with one attached hydrogen (secondary N) is 1. The van der Waals surface area contributed by atoms with Crippen molar-refractivity contribution in [2.75, 3.05) is 0 Å². The minimum absolute atomic E-state index is 0.145. The van der Waals surface area contributed by atoms with Crippen LogP contribution in [0, 0.1) is 5.82 Å². The number of carbonyl (C=O) groups excluding carboxylic acids is 2. The second-order valence-corrected chi connectivity index (χ2v) is 6.03. The largest absolute Gasteiger partial charge is 0.481 e. The Balaban J connectivity index is 1.95. The number of primary amides is 1. The average Bonchev–Trinajstić information content (AvgIpc) is 2.97. The van der Waals surface area contributed by atoms with E-state index < -0.39 is 23.3 Å². The van der Waals surface area contributed by atoms with Crippen LogP contribution in [0.3, 0.4) is 0 Å². The molecular weight excluding hydrogens is 339 g/mol. The number of carbonyl (C=O) groups is 2. The maximum absolute atomic E-state index is 12.9. The highest BCUT2D eigenvalue weighted by atomic mass is 32.2. The zero-order valence-electron chi connectivity index (χ0n) is 12.9. The summed E-state index contributed by atoms with van der Waals surface area (Å²) < 4.78 is 23.8. The van der Waals surface area contributed by atoms with Gasteiger partial charge in [-0.2, -0.15) is 0 Å². The Hall–Kier alpha value is -2.62. The van der Waals surface area contributed by atoms with Crippen molar-refractivity contribution in [2.45, 2.75) is 30.4 Å². The molecule has 0 saturated heterocycles. The molecule has 0 bridgehead atoms. The van der Waals surface area contributed by atoms with Gasteiger partial charge in [0, 0.05) is 0 Å². The Morgan fingerprint density at radius 3 is 2.58 bits per heavy atom. The molecular formula is C14H15FN4O4S. The van der Waals surface area contributed by atoms with Gasteiger partial charge in [-0.3, -0.25) is 10.1 Å². The van der Waals surface area contributed by atoms with Crippen molar-refractivity contribution in [3.05, 3.63) is 36.0 Å². The maximum Gasteiger partial charge on any atom is 0.318 e. The third kappa shape index (κ3) is 4.95. The fourth-order valence-corrected chi connectivity index (χ4v) is 2.32. The van der Waals surface area contributed by atoms with Gasteiger partial charge >= 0.3 is 6.03 Å². The Morgan fingerprint density at radius 1 is 1.29 bits per heavy atom. The first-order chi connectivity index (χ1) is 11.3. The van der Waals surface area contributed by atoms with Crippen LogP contribution in [-0.4, -0.2) is 27.4 Å². The van der Waals surface area contributed by atoms with E-state index in [1.54, 1.807) is 13.8 Å². The molecule has 0 aliphatic rings. The minimum atomic E-state index is -0.931. The van der Waals surface area contributed by atoms with Gasteiger partial charge < -0.3 is 14.9 Å². The smallest absolute Gasteiger partial charge is 0.318 e. The number of ether oxygens (including phenoxy) is 1. The lowest BCUT2D eigenvalue weighted by molar-refractivity contribution is -0.119. The summed E-state index contributed by atoms with van der Waals surface area (Å²) in [6.45, 7) is 3.25. The molecule has 8 nitrogen and oxygen atoms in total. The first kappa shape index (κ1) is 17.7. The van der Waals surface area contributed by atoms with E-state index in [0.29, 0.717) is 5.75 Å². The number of nitrogens with zero attached hydrogens (tertiary/aromatic N) is 2. The molecule has 3 amide bonds. The summed E-state index contributed by atoms with van der Waals surface area (Å²) in [6, 6.07) is 4.58. The van der Waals surface area contributed by atoms with E-state index in [1.807, 2.05) is 5.32 Å². The van der Waals surface area contributed by atoms with E-state index in [9.17, 15) is 14.0 Å². The van der Waals surface area contributed by atoms with Crippen LogP contribution in [0.25, 0.3) is 0 Å². The molecule has 2 atom stereocenters. The number of hydrogen-bond donors (Lipinski definition) is 2. The van der Waals surface area contributed by atoms with Crippen molar-refractivity contribution in [2.24, 2.45) is 5.73 Å². The van der Waals surface area contributed by atoms with Gasteiger partial charge in [-0.05, 0) is 38.1 Å². The summed E-state index contributed by atoms with van der Waals surface area (Å²) in [5, 5.41) is 9.10. The molecule has 1 heterocycles. The minimum Gasteiger partial charge on any atom is -0.481 e. The van der Waals surface area contributed by atoms with Crippen LogP contribution in [0.2, 0.25) is 0 Å². The van der Waals surface area contributed by atoms with Crippen molar-refractivity contribution in [3.63, 3.8) is 0 Å². The molecule has 2 aromatic rings. The molecule has 2 rings (SSSR count). The van der Waals surface area contributed by atoms with Gasteiger partial charge in [0.25, 0.3) is 11.1 Å². The Kier molecular flexibility index (Phi) is 5.74. The number of rotatable bonds is 6. The first-order valence-electron chi connectivity index (χ1n) is 6.87. The van der Waals surface area contributed by atoms with Gasteiger partial charge in [0.2, 0.25) is 5.91 Å². The molecule has 0 aliphatic heterocycles. The fraction of sp³-hybridized carbons (Fsp3) is 0.286. The molecule has 0 fully saturated rings. The van der Waals surface area contributed by atoms with Crippen LogP contribution < -0.4 is 15.8 Å².